The number of aliphatic hydroxyl groups is 1. The third-order valence-electron chi connectivity index (χ3n) is 2.18. The Labute approximate surface area is 89.4 Å². The Balaban J connectivity index is 2.98. The summed E-state index contributed by atoms with van der Waals surface area (Å²) in [5, 5.41) is 9.82. The number of hydrogen-bond acceptors (Lipinski definition) is 4. The van der Waals surface area contributed by atoms with Crippen LogP contribution in [0.3, 0.4) is 0 Å². The molecule has 15 heavy (non-hydrogen) atoms. The molecule has 0 aromatic heterocycles. The molecule has 0 aliphatic heterocycles. The van der Waals surface area contributed by atoms with Crippen LogP contribution < -0.4 is 0 Å². The van der Waals surface area contributed by atoms with Gasteiger partial charge in [-0.05, 0) is 12.5 Å². The van der Waals surface area contributed by atoms with E-state index in [-0.39, 0.29) is 0 Å². The maximum absolute atomic E-state index is 11.8. The highest BCUT2D eigenvalue weighted by atomic mass is 31.2. The van der Waals surface area contributed by atoms with Gasteiger partial charge in [0.05, 0.1) is 0 Å². The summed E-state index contributed by atoms with van der Waals surface area (Å²) in [6.07, 6.45) is 0. The zero-order chi connectivity index (χ0) is 11.5. The largest absolute Gasteiger partial charge is 0.376 e. The van der Waals surface area contributed by atoms with Gasteiger partial charge in [0.2, 0.25) is 0 Å². The van der Waals surface area contributed by atoms with Crippen molar-refractivity contribution in [3.05, 3.63) is 35.4 Å². The molecule has 0 radical (unpaired) electrons. The Morgan fingerprint density at radius 3 is 2.07 bits per heavy atom. The summed E-state index contributed by atoms with van der Waals surface area (Å²) < 4.78 is 21.3. The Morgan fingerprint density at radius 1 is 1.20 bits per heavy atom. The number of rotatable bonds is 4. The minimum absolute atomic E-state index is 0.521. The van der Waals surface area contributed by atoms with Gasteiger partial charge in [-0.3, -0.25) is 4.57 Å². The van der Waals surface area contributed by atoms with Crippen molar-refractivity contribution in [3.63, 3.8) is 0 Å². The third kappa shape index (κ3) is 2.67. The molecule has 0 spiro atoms. The Bertz CT molecular complexity index is 352. The predicted molar refractivity (Wildman–Crippen MR) is 57.8 cm³/mol. The second-order valence-electron chi connectivity index (χ2n) is 3.19. The molecule has 0 saturated carbocycles. The van der Waals surface area contributed by atoms with Crippen molar-refractivity contribution in [1.29, 1.82) is 0 Å². The van der Waals surface area contributed by atoms with E-state index in [1.165, 1.54) is 14.2 Å². The first-order chi connectivity index (χ1) is 7.03. The van der Waals surface area contributed by atoms with Crippen LogP contribution in [0.15, 0.2) is 24.3 Å². The summed E-state index contributed by atoms with van der Waals surface area (Å²) in [7, 11) is -0.950. The maximum Gasteiger partial charge on any atom is 0.362 e. The maximum atomic E-state index is 11.8. The highest BCUT2D eigenvalue weighted by Crippen LogP contribution is 2.58. The van der Waals surface area contributed by atoms with E-state index in [0.29, 0.717) is 5.56 Å². The van der Waals surface area contributed by atoms with E-state index < -0.39 is 13.4 Å². The van der Waals surface area contributed by atoms with Crippen molar-refractivity contribution in [2.75, 3.05) is 14.2 Å². The van der Waals surface area contributed by atoms with Crippen LogP contribution in [0.25, 0.3) is 0 Å². The van der Waals surface area contributed by atoms with Crippen molar-refractivity contribution >= 4 is 7.60 Å². The molecule has 1 unspecified atom stereocenters. The predicted octanol–water partition coefficient (Wildman–Crippen LogP) is 2.47. The lowest BCUT2D eigenvalue weighted by Crippen LogP contribution is -2.02. The SMILES string of the molecule is COP(=O)(OC)C(O)c1ccc(C)cc1. The number of hydrogen-bond donors (Lipinski definition) is 1. The molecule has 0 amide bonds. The van der Waals surface area contributed by atoms with Gasteiger partial charge in [0, 0.05) is 14.2 Å². The van der Waals surface area contributed by atoms with Gasteiger partial charge in [-0.15, -0.1) is 0 Å². The van der Waals surface area contributed by atoms with E-state index in [1.807, 2.05) is 19.1 Å². The smallest absolute Gasteiger partial charge is 0.362 e. The molecule has 5 heteroatoms. The summed E-state index contributed by atoms with van der Waals surface area (Å²) in [4.78, 5) is 0. The fourth-order valence-electron chi connectivity index (χ4n) is 1.20. The number of benzene rings is 1. The first-order valence-corrected chi connectivity index (χ1v) is 6.10. The van der Waals surface area contributed by atoms with Crippen molar-refractivity contribution in [2.24, 2.45) is 0 Å². The molecule has 1 N–H and O–H groups in total. The molecule has 84 valence electrons. The van der Waals surface area contributed by atoms with Crippen LogP contribution in [0, 0.1) is 6.92 Å². The molecule has 0 fully saturated rings. The Kier molecular flexibility index (Phi) is 4.05. The fourth-order valence-corrected chi connectivity index (χ4v) is 2.28. The second kappa shape index (κ2) is 4.90. The van der Waals surface area contributed by atoms with Gasteiger partial charge in [-0.25, -0.2) is 0 Å². The van der Waals surface area contributed by atoms with Crippen LogP contribution in [0.5, 0.6) is 0 Å². The quantitative estimate of drug-likeness (QED) is 0.807. The standard InChI is InChI=1S/C10H15O4P/c1-8-4-6-9(7-5-8)10(11)15(12,13-2)14-3/h4-7,10-11H,1-3H3. The van der Waals surface area contributed by atoms with E-state index in [4.69, 9.17) is 9.05 Å². The van der Waals surface area contributed by atoms with Crippen LogP contribution in [0.4, 0.5) is 0 Å². The molecule has 1 aromatic rings. The second-order valence-corrected chi connectivity index (χ2v) is 5.49. The highest BCUT2D eigenvalue weighted by molar-refractivity contribution is 7.53. The summed E-state index contributed by atoms with van der Waals surface area (Å²) in [5.74, 6) is -1.24. The topological polar surface area (TPSA) is 55.8 Å². The van der Waals surface area contributed by atoms with Crippen molar-refractivity contribution in [2.45, 2.75) is 12.8 Å². The molecule has 1 atom stereocenters. The van der Waals surface area contributed by atoms with E-state index in [1.54, 1.807) is 12.1 Å². The summed E-state index contributed by atoms with van der Waals surface area (Å²) in [6, 6.07) is 7.05. The van der Waals surface area contributed by atoms with Gasteiger partial charge in [0.25, 0.3) is 0 Å². The zero-order valence-corrected chi connectivity index (χ0v) is 9.90. The average Bonchev–Trinajstić information content (AvgIpc) is 2.28. The molecule has 0 saturated heterocycles. The lowest BCUT2D eigenvalue weighted by atomic mass is 10.2. The van der Waals surface area contributed by atoms with E-state index in [2.05, 4.69) is 0 Å². The van der Waals surface area contributed by atoms with Crippen molar-refractivity contribution in [3.8, 4) is 0 Å². The van der Waals surface area contributed by atoms with Gasteiger partial charge >= 0.3 is 7.60 Å². The van der Waals surface area contributed by atoms with Crippen LogP contribution in [-0.4, -0.2) is 19.3 Å². The van der Waals surface area contributed by atoms with E-state index in [0.717, 1.165) is 5.56 Å². The molecular weight excluding hydrogens is 215 g/mol. The lowest BCUT2D eigenvalue weighted by molar-refractivity contribution is 0.176. The van der Waals surface area contributed by atoms with E-state index >= 15 is 0 Å². The van der Waals surface area contributed by atoms with Crippen LogP contribution >= 0.6 is 7.60 Å². The molecule has 1 aromatic carbocycles. The minimum Gasteiger partial charge on any atom is -0.376 e. The van der Waals surface area contributed by atoms with Crippen molar-refractivity contribution in [1.82, 2.24) is 0 Å². The molecule has 0 heterocycles. The first kappa shape index (κ1) is 12.4. The van der Waals surface area contributed by atoms with Gasteiger partial charge in [-0.1, -0.05) is 29.8 Å². The van der Waals surface area contributed by atoms with Crippen LogP contribution in [0.2, 0.25) is 0 Å². The van der Waals surface area contributed by atoms with Crippen LogP contribution in [0.1, 0.15) is 17.0 Å². The highest BCUT2D eigenvalue weighted by Gasteiger charge is 2.33. The monoisotopic (exact) mass is 230 g/mol. The lowest BCUT2D eigenvalue weighted by Gasteiger charge is -2.19. The first-order valence-electron chi connectivity index (χ1n) is 4.49. The summed E-state index contributed by atoms with van der Waals surface area (Å²) in [5.41, 5.74) is 1.59. The van der Waals surface area contributed by atoms with Gasteiger partial charge in [0.15, 0.2) is 5.85 Å². The normalized spacial score (nSPS) is 13.9. The molecule has 4 nitrogen and oxygen atoms in total. The third-order valence-corrected chi connectivity index (χ3v) is 4.10. The van der Waals surface area contributed by atoms with Gasteiger partial charge < -0.3 is 14.2 Å². The van der Waals surface area contributed by atoms with E-state index in [9.17, 15) is 9.67 Å². The molecule has 0 aliphatic carbocycles. The number of aliphatic hydroxyl groups excluding tert-OH is 1. The zero-order valence-electron chi connectivity index (χ0n) is 9.01. The minimum atomic E-state index is -3.45. The molecular formula is C10H15O4P. The fraction of sp³-hybridized carbons (Fsp3) is 0.400. The average molecular weight is 230 g/mol. The van der Waals surface area contributed by atoms with Gasteiger partial charge in [0.1, 0.15) is 0 Å². The summed E-state index contributed by atoms with van der Waals surface area (Å²) >= 11 is 0. The Hall–Kier alpha value is -0.670. The summed E-state index contributed by atoms with van der Waals surface area (Å²) in [6.45, 7) is 1.93. The van der Waals surface area contributed by atoms with Gasteiger partial charge in [-0.2, -0.15) is 0 Å². The molecule has 1 rings (SSSR count). The van der Waals surface area contributed by atoms with Crippen LogP contribution in [-0.2, 0) is 13.6 Å². The van der Waals surface area contributed by atoms with Crippen molar-refractivity contribution < 1.29 is 18.7 Å². The number of aryl methyl sites for hydroxylation is 1. The molecule has 0 aliphatic rings. The molecule has 0 bridgehead atoms. The Morgan fingerprint density at radius 2 is 1.67 bits per heavy atom.